The predicted molar refractivity (Wildman–Crippen MR) is 127 cm³/mol. The number of hydrogen-bond donors (Lipinski definition) is 1. The fourth-order valence-corrected chi connectivity index (χ4v) is 4.15. The molecule has 2 aromatic heterocycles. The summed E-state index contributed by atoms with van der Waals surface area (Å²) < 4.78 is 22.8. The predicted octanol–water partition coefficient (Wildman–Crippen LogP) is 4.07. The summed E-state index contributed by atoms with van der Waals surface area (Å²) in [7, 11) is 7.26. The van der Waals surface area contributed by atoms with Gasteiger partial charge in [0.2, 0.25) is 5.95 Å². The molecule has 9 heteroatoms. The summed E-state index contributed by atoms with van der Waals surface area (Å²) in [6.45, 7) is 1.45. The van der Waals surface area contributed by atoms with Gasteiger partial charge in [-0.1, -0.05) is 12.8 Å². The second kappa shape index (κ2) is 9.74. The summed E-state index contributed by atoms with van der Waals surface area (Å²) in [5.74, 6) is 0.213. The van der Waals surface area contributed by atoms with E-state index in [9.17, 15) is 4.79 Å². The van der Waals surface area contributed by atoms with Crippen LogP contribution in [0.25, 0.3) is 11.0 Å². The number of rotatable bonds is 8. The summed E-state index contributed by atoms with van der Waals surface area (Å²) in [5.41, 5.74) is 1.30. The van der Waals surface area contributed by atoms with Crippen LogP contribution in [-0.2, 0) is 0 Å². The zero-order valence-corrected chi connectivity index (χ0v) is 19.6. The first-order valence-corrected chi connectivity index (χ1v) is 11.3. The third kappa shape index (κ3) is 4.93. The lowest BCUT2D eigenvalue weighted by molar-refractivity contribution is 0.0810. The number of halogens is 1. The van der Waals surface area contributed by atoms with E-state index in [0.717, 1.165) is 43.7 Å². The average Bonchev–Trinajstić information content (AvgIpc) is 3.40. The topological polar surface area (TPSA) is 75.5 Å². The Balaban J connectivity index is 1.62. The van der Waals surface area contributed by atoms with Gasteiger partial charge in [0.1, 0.15) is 23.7 Å². The van der Waals surface area contributed by atoms with E-state index in [0.29, 0.717) is 18.2 Å². The van der Waals surface area contributed by atoms with Crippen LogP contribution in [0.1, 0.15) is 42.2 Å². The van der Waals surface area contributed by atoms with E-state index in [2.05, 4.69) is 20.2 Å². The number of aromatic nitrogens is 3. The van der Waals surface area contributed by atoms with Crippen molar-refractivity contribution in [3.05, 3.63) is 42.0 Å². The maximum absolute atomic E-state index is 15.3. The standard InChI is InChI=1S/C24H31FN6O2/c1-29(2)13-14-33-18-11-9-16(10-12-18)27-24-26-15-19-20(25)21(23(32)30(3)4)31(22(19)28-24)17-7-5-6-8-17/h9-12,15,17H,5-8,13-14H2,1-4H3,(H,26,27,28). The SMILES string of the molecule is CN(C)CCOc1ccc(Nc2ncc3c(F)c(C(=O)N(C)C)n(C4CCCC4)c3n2)cc1. The Morgan fingerprint density at radius 1 is 1.18 bits per heavy atom. The number of benzene rings is 1. The van der Waals surface area contributed by atoms with E-state index in [4.69, 9.17) is 4.74 Å². The molecule has 3 aromatic rings. The third-order valence-corrected chi connectivity index (χ3v) is 5.90. The van der Waals surface area contributed by atoms with Gasteiger partial charge in [0.05, 0.1) is 5.39 Å². The molecular formula is C24H31FN6O2. The number of hydrogen-bond acceptors (Lipinski definition) is 6. The summed E-state index contributed by atoms with van der Waals surface area (Å²) in [6, 6.07) is 7.58. The number of nitrogens with one attached hydrogen (secondary N) is 1. The molecule has 1 aliphatic rings. The lowest BCUT2D eigenvalue weighted by Crippen LogP contribution is -2.26. The molecule has 1 fully saturated rings. The largest absolute Gasteiger partial charge is 0.492 e. The lowest BCUT2D eigenvalue weighted by Gasteiger charge is -2.18. The molecule has 0 aliphatic heterocycles. The smallest absolute Gasteiger partial charge is 0.273 e. The minimum absolute atomic E-state index is 0.0530. The maximum Gasteiger partial charge on any atom is 0.273 e. The van der Waals surface area contributed by atoms with E-state index in [1.54, 1.807) is 18.7 Å². The molecule has 176 valence electrons. The highest BCUT2D eigenvalue weighted by Crippen LogP contribution is 2.36. The number of carbonyl (C=O) groups excluding carboxylic acids is 1. The van der Waals surface area contributed by atoms with Crippen LogP contribution < -0.4 is 10.1 Å². The fraction of sp³-hybridized carbons (Fsp3) is 0.458. The monoisotopic (exact) mass is 454 g/mol. The molecule has 33 heavy (non-hydrogen) atoms. The van der Waals surface area contributed by atoms with Crippen molar-refractivity contribution in [2.24, 2.45) is 0 Å². The van der Waals surface area contributed by atoms with Gasteiger partial charge in [-0.15, -0.1) is 0 Å². The summed E-state index contributed by atoms with van der Waals surface area (Å²) in [5, 5.41) is 3.44. The van der Waals surface area contributed by atoms with Crippen molar-refractivity contribution in [1.82, 2.24) is 24.3 Å². The summed E-state index contributed by atoms with van der Waals surface area (Å²) >= 11 is 0. The van der Waals surface area contributed by atoms with Crippen LogP contribution >= 0.6 is 0 Å². The number of anilines is 2. The zero-order chi connectivity index (χ0) is 23.5. The van der Waals surface area contributed by atoms with Gasteiger partial charge in [-0.3, -0.25) is 4.79 Å². The Morgan fingerprint density at radius 3 is 2.52 bits per heavy atom. The maximum atomic E-state index is 15.3. The molecule has 1 aliphatic carbocycles. The molecule has 0 radical (unpaired) electrons. The Hall–Kier alpha value is -3.20. The molecule has 1 N–H and O–H groups in total. The second-order valence-corrected chi connectivity index (χ2v) is 8.90. The number of likely N-dealkylation sites (N-methyl/N-ethyl adjacent to an activating group) is 1. The average molecular weight is 455 g/mol. The molecule has 1 saturated carbocycles. The van der Waals surface area contributed by atoms with Crippen LogP contribution in [0.4, 0.5) is 16.0 Å². The molecule has 8 nitrogen and oxygen atoms in total. The number of fused-ring (bicyclic) bond motifs is 1. The van der Waals surface area contributed by atoms with Crippen molar-refractivity contribution in [3.8, 4) is 5.75 Å². The lowest BCUT2D eigenvalue weighted by atomic mass is 10.2. The number of amides is 1. The molecule has 1 aromatic carbocycles. The van der Waals surface area contributed by atoms with Crippen molar-refractivity contribution in [2.75, 3.05) is 46.7 Å². The molecule has 0 unspecified atom stereocenters. The van der Waals surface area contributed by atoms with E-state index in [1.807, 2.05) is 38.4 Å². The first-order chi connectivity index (χ1) is 15.8. The van der Waals surface area contributed by atoms with Crippen LogP contribution in [0, 0.1) is 5.82 Å². The van der Waals surface area contributed by atoms with Gasteiger partial charge in [0, 0.05) is 38.6 Å². The van der Waals surface area contributed by atoms with Gasteiger partial charge in [-0.2, -0.15) is 4.98 Å². The van der Waals surface area contributed by atoms with Gasteiger partial charge >= 0.3 is 0 Å². The van der Waals surface area contributed by atoms with Gasteiger partial charge in [0.15, 0.2) is 5.82 Å². The molecule has 0 saturated heterocycles. The van der Waals surface area contributed by atoms with Crippen LogP contribution in [0.3, 0.4) is 0 Å². The molecule has 0 spiro atoms. The highest BCUT2D eigenvalue weighted by Gasteiger charge is 2.31. The minimum atomic E-state index is -0.554. The second-order valence-electron chi connectivity index (χ2n) is 8.90. The van der Waals surface area contributed by atoms with Crippen LogP contribution in [0.2, 0.25) is 0 Å². The Kier molecular flexibility index (Phi) is 6.78. The first-order valence-electron chi connectivity index (χ1n) is 11.3. The molecular weight excluding hydrogens is 423 g/mol. The van der Waals surface area contributed by atoms with Crippen molar-refractivity contribution in [1.29, 1.82) is 0 Å². The van der Waals surface area contributed by atoms with E-state index >= 15 is 4.39 Å². The highest BCUT2D eigenvalue weighted by molar-refractivity contribution is 5.98. The quantitative estimate of drug-likeness (QED) is 0.553. The number of ether oxygens (including phenoxy) is 1. The van der Waals surface area contributed by atoms with Gasteiger partial charge in [-0.25, -0.2) is 9.37 Å². The third-order valence-electron chi connectivity index (χ3n) is 5.90. The van der Waals surface area contributed by atoms with Crippen LogP contribution in [-0.4, -0.2) is 71.6 Å². The van der Waals surface area contributed by atoms with E-state index in [-0.39, 0.29) is 23.0 Å². The Labute approximate surface area is 193 Å². The minimum Gasteiger partial charge on any atom is -0.492 e. The van der Waals surface area contributed by atoms with Crippen molar-refractivity contribution < 1.29 is 13.9 Å². The summed E-state index contributed by atoms with van der Waals surface area (Å²) in [4.78, 5) is 25.2. The number of carbonyl (C=O) groups is 1. The van der Waals surface area contributed by atoms with Crippen molar-refractivity contribution in [3.63, 3.8) is 0 Å². The molecule has 0 bridgehead atoms. The first kappa shape index (κ1) is 23.0. The van der Waals surface area contributed by atoms with Crippen molar-refractivity contribution >= 4 is 28.6 Å². The number of nitrogens with zero attached hydrogens (tertiary/aromatic N) is 5. The van der Waals surface area contributed by atoms with Gasteiger partial charge in [0.25, 0.3) is 5.91 Å². The molecule has 0 atom stereocenters. The van der Waals surface area contributed by atoms with Crippen LogP contribution in [0.15, 0.2) is 30.5 Å². The van der Waals surface area contributed by atoms with Gasteiger partial charge in [-0.05, 0) is 51.2 Å². The van der Waals surface area contributed by atoms with Crippen molar-refractivity contribution in [2.45, 2.75) is 31.7 Å². The Morgan fingerprint density at radius 2 is 1.88 bits per heavy atom. The van der Waals surface area contributed by atoms with Crippen LogP contribution in [0.5, 0.6) is 5.75 Å². The Bertz CT molecular complexity index is 1120. The van der Waals surface area contributed by atoms with Gasteiger partial charge < -0.3 is 24.4 Å². The van der Waals surface area contributed by atoms with E-state index in [1.165, 1.54) is 11.1 Å². The molecule has 2 heterocycles. The summed E-state index contributed by atoms with van der Waals surface area (Å²) in [6.07, 6.45) is 5.37. The normalized spacial score (nSPS) is 14.2. The molecule has 4 rings (SSSR count). The highest BCUT2D eigenvalue weighted by atomic mass is 19.1. The zero-order valence-electron chi connectivity index (χ0n) is 19.6. The van der Waals surface area contributed by atoms with E-state index < -0.39 is 5.82 Å². The fourth-order valence-electron chi connectivity index (χ4n) is 4.15. The molecule has 1 amide bonds.